The number of nitrogens with zero attached hydrogens (tertiary/aromatic N) is 3. The molecule has 2 heterocycles. The minimum atomic E-state index is 0.118. The normalized spacial score (nSPS) is 12.0. The van der Waals surface area contributed by atoms with E-state index < -0.39 is 0 Å². The second kappa shape index (κ2) is 8.62. The number of hydrogen-bond acceptors (Lipinski definition) is 6. The van der Waals surface area contributed by atoms with E-state index in [4.69, 9.17) is 14.1 Å². The molecule has 2 aromatic heterocycles. The fraction of sp³-hybridized carbons (Fsp3) is 0.0909. The third kappa shape index (κ3) is 4.30. The SMILES string of the molecule is COc1ccc(O)c(C=Nn2c(-c3ccco3)csc2=NCc2ccccc2)c1. The summed E-state index contributed by atoms with van der Waals surface area (Å²) in [6.07, 6.45) is 3.20. The molecule has 0 fully saturated rings. The Kier molecular flexibility index (Phi) is 5.58. The molecule has 0 amide bonds. The number of thiazole rings is 1. The molecule has 29 heavy (non-hydrogen) atoms. The first-order valence-electron chi connectivity index (χ1n) is 8.95. The van der Waals surface area contributed by atoms with Crippen LogP contribution in [0.15, 0.2) is 86.8 Å². The molecule has 0 bridgehead atoms. The maximum atomic E-state index is 10.1. The molecular weight excluding hydrogens is 386 g/mol. The minimum absolute atomic E-state index is 0.118. The van der Waals surface area contributed by atoms with Gasteiger partial charge >= 0.3 is 0 Å². The summed E-state index contributed by atoms with van der Waals surface area (Å²) in [6.45, 7) is 0.541. The van der Waals surface area contributed by atoms with Gasteiger partial charge in [0.15, 0.2) is 5.76 Å². The number of ether oxygens (including phenoxy) is 1. The van der Waals surface area contributed by atoms with E-state index in [-0.39, 0.29) is 5.75 Å². The number of furan rings is 1. The van der Waals surface area contributed by atoms with E-state index in [1.165, 1.54) is 11.3 Å². The van der Waals surface area contributed by atoms with Gasteiger partial charge in [-0.25, -0.2) is 4.68 Å². The van der Waals surface area contributed by atoms with Crippen molar-refractivity contribution >= 4 is 17.6 Å². The molecule has 4 rings (SSSR count). The molecule has 0 aliphatic heterocycles. The van der Waals surface area contributed by atoms with Gasteiger partial charge in [0.1, 0.15) is 17.2 Å². The summed E-state index contributed by atoms with van der Waals surface area (Å²) in [6, 6.07) is 18.7. The van der Waals surface area contributed by atoms with Crippen molar-refractivity contribution in [3.63, 3.8) is 0 Å². The van der Waals surface area contributed by atoms with Crippen molar-refractivity contribution in [2.75, 3.05) is 7.11 Å². The Morgan fingerprint density at radius 3 is 2.76 bits per heavy atom. The van der Waals surface area contributed by atoms with Crippen LogP contribution in [0.2, 0.25) is 0 Å². The van der Waals surface area contributed by atoms with E-state index >= 15 is 0 Å². The lowest BCUT2D eigenvalue weighted by molar-refractivity contribution is 0.412. The zero-order chi connectivity index (χ0) is 20.1. The fourth-order valence-electron chi connectivity index (χ4n) is 2.74. The smallest absolute Gasteiger partial charge is 0.206 e. The third-order valence-corrected chi connectivity index (χ3v) is 5.10. The maximum absolute atomic E-state index is 10.1. The average molecular weight is 405 g/mol. The third-order valence-electron chi connectivity index (χ3n) is 4.25. The highest BCUT2D eigenvalue weighted by atomic mass is 32.1. The van der Waals surface area contributed by atoms with Gasteiger partial charge in [-0.1, -0.05) is 30.3 Å². The van der Waals surface area contributed by atoms with Crippen LogP contribution in [0.25, 0.3) is 11.5 Å². The van der Waals surface area contributed by atoms with Crippen LogP contribution >= 0.6 is 11.3 Å². The van der Waals surface area contributed by atoms with E-state index in [9.17, 15) is 5.11 Å². The molecule has 1 N–H and O–H groups in total. The van der Waals surface area contributed by atoms with Crippen LogP contribution in [0.3, 0.4) is 0 Å². The van der Waals surface area contributed by atoms with E-state index in [0.717, 1.165) is 16.1 Å². The molecule has 0 atom stereocenters. The molecule has 7 heteroatoms. The molecule has 0 aliphatic rings. The highest BCUT2D eigenvalue weighted by Gasteiger charge is 2.10. The summed E-state index contributed by atoms with van der Waals surface area (Å²) >= 11 is 1.48. The Morgan fingerprint density at radius 2 is 2.00 bits per heavy atom. The molecule has 4 aromatic rings. The molecule has 0 saturated heterocycles. The molecule has 0 unspecified atom stereocenters. The molecule has 2 aromatic carbocycles. The zero-order valence-electron chi connectivity index (χ0n) is 15.7. The molecule has 146 valence electrons. The predicted molar refractivity (Wildman–Crippen MR) is 113 cm³/mol. The highest BCUT2D eigenvalue weighted by Crippen LogP contribution is 2.23. The van der Waals surface area contributed by atoms with Gasteiger partial charge in [0.05, 0.1) is 26.1 Å². The van der Waals surface area contributed by atoms with Crippen molar-refractivity contribution < 1.29 is 14.3 Å². The van der Waals surface area contributed by atoms with Crippen LogP contribution in [0.1, 0.15) is 11.1 Å². The maximum Gasteiger partial charge on any atom is 0.206 e. The molecule has 0 radical (unpaired) electrons. The van der Waals surface area contributed by atoms with Crippen LogP contribution in [0.5, 0.6) is 11.5 Å². The van der Waals surface area contributed by atoms with Gasteiger partial charge < -0.3 is 14.3 Å². The van der Waals surface area contributed by atoms with Crippen LogP contribution in [-0.2, 0) is 6.54 Å². The monoisotopic (exact) mass is 405 g/mol. The summed E-state index contributed by atoms with van der Waals surface area (Å²) < 4.78 is 12.5. The second-order valence-corrected chi connectivity index (χ2v) is 7.00. The number of phenols is 1. The average Bonchev–Trinajstić information content (AvgIpc) is 3.42. The van der Waals surface area contributed by atoms with E-state index in [2.05, 4.69) is 5.10 Å². The van der Waals surface area contributed by atoms with Gasteiger partial charge in [0.2, 0.25) is 4.80 Å². The first-order chi connectivity index (χ1) is 14.2. The van der Waals surface area contributed by atoms with Crippen LogP contribution in [-0.4, -0.2) is 23.1 Å². The zero-order valence-corrected chi connectivity index (χ0v) is 16.5. The Bertz CT molecular complexity index is 1180. The van der Waals surface area contributed by atoms with Crippen molar-refractivity contribution in [2.45, 2.75) is 6.54 Å². The number of phenolic OH excluding ortho intramolecular Hbond substituents is 1. The van der Waals surface area contributed by atoms with Crippen molar-refractivity contribution in [3.8, 4) is 23.0 Å². The van der Waals surface area contributed by atoms with Crippen molar-refractivity contribution in [2.24, 2.45) is 10.1 Å². The van der Waals surface area contributed by atoms with Gasteiger partial charge in [-0.15, -0.1) is 11.3 Å². The minimum Gasteiger partial charge on any atom is -0.507 e. The van der Waals surface area contributed by atoms with Crippen molar-refractivity contribution in [1.82, 2.24) is 4.68 Å². The van der Waals surface area contributed by atoms with Crippen molar-refractivity contribution in [3.05, 3.63) is 88.2 Å². The number of rotatable bonds is 6. The lowest BCUT2D eigenvalue weighted by atomic mass is 10.2. The van der Waals surface area contributed by atoms with Crippen LogP contribution in [0, 0.1) is 0 Å². The van der Waals surface area contributed by atoms with E-state index in [0.29, 0.717) is 23.6 Å². The highest BCUT2D eigenvalue weighted by molar-refractivity contribution is 7.07. The van der Waals surface area contributed by atoms with E-state index in [1.54, 1.807) is 42.5 Å². The number of methoxy groups -OCH3 is 1. The quantitative estimate of drug-likeness (QED) is 0.480. The van der Waals surface area contributed by atoms with Gasteiger partial charge in [0, 0.05) is 10.9 Å². The number of aromatic hydroxyl groups is 1. The second-order valence-electron chi connectivity index (χ2n) is 6.16. The summed E-state index contributed by atoms with van der Waals surface area (Å²) in [5.41, 5.74) is 2.44. The standard InChI is InChI=1S/C22H19N3O3S/c1-27-18-9-10-20(26)17(12-18)14-24-25-19(21-8-5-11-28-21)15-29-22(25)23-13-16-6-3-2-4-7-16/h2-12,14-15,26H,13H2,1H3. The lowest BCUT2D eigenvalue weighted by Crippen LogP contribution is -2.12. The Labute approximate surface area is 171 Å². The summed E-state index contributed by atoms with van der Waals surface area (Å²) in [4.78, 5) is 5.44. The van der Waals surface area contributed by atoms with E-state index in [1.807, 2.05) is 47.8 Å². The molecule has 0 saturated carbocycles. The van der Waals surface area contributed by atoms with Crippen molar-refractivity contribution in [1.29, 1.82) is 0 Å². The molecular formula is C22H19N3O3S. The topological polar surface area (TPSA) is 72.2 Å². The number of benzene rings is 2. The van der Waals surface area contributed by atoms with Gasteiger partial charge in [-0.05, 0) is 35.9 Å². The fourth-order valence-corrected chi connectivity index (χ4v) is 3.56. The number of aromatic nitrogens is 1. The predicted octanol–water partition coefficient (Wildman–Crippen LogP) is 4.51. The Morgan fingerprint density at radius 1 is 1.14 bits per heavy atom. The van der Waals surface area contributed by atoms with Gasteiger partial charge in [0.25, 0.3) is 0 Å². The molecule has 6 nitrogen and oxygen atoms in total. The molecule has 0 spiro atoms. The summed E-state index contributed by atoms with van der Waals surface area (Å²) in [5.74, 6) is 1.45. The Balaban J connectivity index is 1.75. The van der Waals surface area contributed by atoms with Crippen LogP contribution in [0.4, 0.5) is 0 Å². The summed E-state index contributed by atoms with van der Waals surface area (Å²) in [5, 5.41) is 16.7. The first-order valence-corrected chi connectivity index (χ1v) is 9.83. The lowest BCUT2D eigenvalue weighted by Gasteiger charge is -2.04. The first kappa shape index (κ1) is 18.8. The largest absolute Gasteiger partial charge is 0.507 e. The summed E-state index contributed by atoms with van der Waals surface area (Å²) in [7, 11) is 1.58. The van der Waals surface area contributed by atoms with Gasteiger partial charge in [-0.3, -0.25) is 4.99 Å². The molecule has 0 aliphatic carbocycles. The Hall–Kier alpha value is -3.58. The van der Waals surface area contributed by atoms with Crippen LogP contribution < -0.4 is 9.54 Å². The van der Waals surface area contributed by atoms with Gasteiger partial charge in [-0.2, -0.15) is 5.10 Å². The number of hydrogen-bond donors (Lipinski definition) is 1.